The van der Waals surface area contributed by atoms with E-state index < -0.39 is 31.6 Å². The maximum atomic E-state index is 12.4. The number of ether oxygens (including phenoxy) is 5. The Morgan fingerprint density at radius 3 is 2.53 bits per heavy atom. The van der Waals surface area contributed by atoms with Crippen molar-refractivity contribution in [1.29, 1.82) is 0 Å². The summed E-state index contributed by atoms with van der Waals surface area (Å²) in [7, 11) is 3.25. The fourth-order valence-corrected chi connectivity index (χ4v) is 3.54. The first-order valence-corrected chi connectivity index (χ1v) is 13.9. The number of aromatic nitrogens is 3. The van der Waals surface area contributed by atoms with Gasteiger partial charge in [0.1, 0.15) is 6.10 Å². The average molecular weight is 632 g/mol. The monoisotopic (exact) mass is 632 g/mol. The number of carbonyl (C=O) groups excluding carboxylic acids is 2. The summed E-state index contributed by atoms with van der Waals surface area (Å²) in [6, 6.07) is -0.809. The van der Waals surface area contributed by atoms with Crippen molar-refractivity contribution >= 4 is 9.70 Å². The summed E-state index contributed by atoms with van der Waals surface area (Å²) in [6.45, 7) is 4.07. The summed E-state index contributed by atoms with van der Waals surface area (Å²) in [4.78, 5) is 23.3. The number of hydrogen-bond acceptors (Lipinski definition) is 10. The zero-order valence-electron chi connectivity index (χ0n) is 21.2. The number of amides is 1. The molecular weight excluding hydrogens is 592 g/mol. The van der Waals surface area contributed by atoms with Gasteiger partial charge in [0.15, 0.2) is 0 Å². The summed E-state index contributed by atoms with van der Waals surface area (Å²) in [5, 5.41) is 10.7. The molecule has 0 aliphatic heterocycles. The molecule has 0 radical (unpaired) electrons. The summed E-state index contributed by atoms with van der Waals surface area (Å²) >= 11 is -1.99. The molecule has 1 amide bonds. The van der Waals surface area contributed by atoms with E-state index in [-0.39, 0.29) is 18.6 Å². The normalized spacial score (nSPS) is 13.1. The second-order valence-corrected chi connectivity index (χ2v) is 9.43. The van der Waals surface area contributed by atoms with Gasteiger partial charge in [0.2, 0.25) is 0 Å². The fraction of sp³-hybridized carbons (Fsp3) is 0.818. The van der Waals surface area contributed by atoms with Gasteiger partial charge >= 0.3 is 120 Å². The van der Waals surface area contributed by atoms with Crippen LogP contribution in [-0.4, -0.2) is 97.3 Å². The van der Waals surface area contributed by atoms with Gasteiger partial charge in [0, 0.05) is 20.8 Å². The molecule has 0 spiro atoms. The average Bonchev–Trinajstić information content (AvgIpc) is 3.34. The first-order chi connectivity index (χ1) is 17.5. The van der Waals surface area contributed by atoms with E-state index in [1.54, 1.807) is 20.4 Å². The third-order valence-electron chi connectivity index (χ3n) is 4.96. The number of unbranched alkanes of at least 4 members (excludes halogenated alkanes) is 2. The van der Waals surface area contributed by atoms with Crippen LogP contribution in [-0.2, 0) is 46.4 Å². The molecule has 0 fully saturated rings. The molecule has 36 heavy (non-hydrogen) atoms. The SMILES string of the molecule is COCCOCC(COCCCCCC(=O)NCc1cn(CCC(N)C(=O)[I-]F)nn1)OCCOC. The molecule has 3 N–H and O–H groups in total. The van der Waals surface area contributed by atoms with E-state index >= 15 is 0 Å². The Labute approximate surface area is 223 Å². The minimum Gasteiger partial charge on any atom is -0.382 e. The van der Waals surface area contributed by atoms with Crippen LogP contribution < -0.4 is 32.8 Å². The molecule has 1 heterocycles. The van der Waals surface area contributed by atoms with Crippen LogP contribution in [0.5, 0.6) is 0 Å². The molecule has 1 aromatic rings. The van der Waals surface area contributed by atoms with Crippen LogP contribution in [0.2, 0.25) is 0 Å². The van der Waals surface area contributed by atoms with Crippen molar-refractivity contribution < 1.29 is 57.9 Å². The standard InChI is InChI=1S/C22H40FIN5O7/c1-32-10-12-35-17-19(36-13-11-33-2)16-34-9-5-3-4-6-21(30)26-14-18-15-29(28-27-18)8-7-20(25)22(31)24-23/h15,19-20H,3-14,16-17,25H2,1-2H3,(H,26,30)/q-1. The van der Waals surface area contributed by atoms with Crippen LogP contribution in [0.15, 0.2) is 6.20 Å². The smallest absolute Gasteiger partial charge is 0.0706 e. The second-order valence-electron chi connectivity index (χ2n) is 7.96. The van der Waals surface area contributed by atoms with Crippen LogP contribution in [0.3, 0.4) is 0 Å². The number of nitrogens with two attached hydrogens (primary N) is 1. The molecular formula is C22H40FIN5O7-. The number of hydrogen-bond donors (Lipinski definition) is 2. The van der Waals surface area contributed by atoms with Gasteiger partial charge in [-0.3, -0.25) is 0 Å². The number of nitrogens with zero attached hydrogens (tertiary/aromatic N) is 3. The number of aryl methyl sites for hydroxylation is 1. The third-order valence-corrected chi connectivity index (χ3v) is 6.16. The van der Waals surface area contributed by atoms with Gasteiger partial charge in [-0.05, 0) is 6.42 Å². The fourth-order valence-electron chi connectivity index (χ4n) is 2.92. The molecule has 0 aromatic carbocycles. The van der Waals surface area contributed by atoms with Crippen LogP contribution in [0.1, 0.15) is 37.8 Å². The van der Waals surface area contributed by atoms with Crippen LogP contribution in [0.25, 0.3) is 0 Å². The molecule has 0 saturated heterocycles. The van der Waals surface area contributed by atoms with Crippen LogP contribution in [0, 0.1) is 0 Å². The van der Waals surface area contributed by atoms with Crippen molar-refractivity contribution in [3.8, 4) is 0 Å². The molecule has 2 atom stereocenters. The molecule has 210 valence electrons. The Bertz CT molecular complexity index is 716. The molecule has 14 heteroatoms. The van der Waals surface area contributed by atoms with E-state index in [2.05, 4.69) is 15.6 Å². The van der Waals surface area contributed by atoms with Crippen molar-refractivity contribution in [2.24, 2.45) is 5.73 Å². The number of methoxy groups -OCH3 is 2. The first-order valence-electron chi connectivity index (χ1n) is 12.0. The van der Waals surface area contributed by atoms with Crippen molar-refractivity contribution in [2.75, 3.05) is 60.5 Å². The van der Waals surface area contributed by atoms with Crippen LogP contribution in [0.4, 0.5) is 2.86 Å². The topological polar surface area (TPSA) is 149 Å². The molecule has 1 aromatic heterocycles. The Morgan fingerprint density at radius 1 is 1.08 bits per heavy atom. The Hall–Kier alpha value is -1.30. The largest absolute Gasteiger partial charge is 0.382 e. The predicted molar refractivity (Wildman–Crippen MR) is 124 cm³/mol. The number of rotatable bonds is 24. The van der Waals surface area contributed by atoms with Crippen molar-refractivity contribution in [3.63, 3.8) is 0 Å². The van der Waals surface area contributed by atoms with Gasteiger partial charge in [-0.1, -0.05) is 6.42 Å². The summed E-state index contributed by atoms with van der Waals surface area (Å²) in [6.07, 6.45) is 4.66. The van der Waals surface area contributed by atoms with Gasteiger partial charge in [-0.25, -0.2) is 0 Å². The van der Waals surface area contributed by atoms with Gasteiger partial charge in [-0.2, -0.15) is 0 Å². The zero-order valence-corrected chi connectivity index (χ0v) is 23.3. The minimum absolute atomic E-state index is 0.0650. The van der Waals surface area contributed by atoms with E-state index in [1.165, 1.54) is 4.68 Å². The van der Waals surface area contributed by atoms with Gasteiger partial charge in [0.05, 0.1) is 39.6 Å². The van der Waals surface area contributed by atoms with Crippen molar-refractivity contribution in [3.05, 3.63) is 11.9 Å². The molecule has 1 rings (SSSR count). The number of nitrogens with one attached hydrogen (secondary N) is 1. The molecule has 0 aliphatic carbocycles. The second kappa shape index (κ2) is 21.8. The number of halogens is 2. The quantitative estimate of drug-likeness (QED) is 0.0706. The van der Waals surface area contributed by atoms with Gasteiger partial charge in [0.25, 0.3) is 0 Å². The maximum absolute atomic E-state index is 12.4. The van der Waals surface area contributed by atoms with E-state index in [4.69, 9.17) is 29.4 Å². The molecule has 2 unspecified atom stereocenters. The first kappa shape index (κ1) is 32.7. The van der Waals surface area contributed by atoms with E-state index in [1.807, 2.05) is 0 Å². The summed E-state index contributed by atoms with van der Waals surface area (Å²) < 4.78 is 40.4. The Balaban J connectivity index is 2.11. The predicted octanol–water partition coefficient (Wildman–Crippen LogP) is -2.62. The van der Waals surface area contributed by atoms with Crippen molar-refractivity contribution in [2.45, 2.75) is 57.3 Å². The Kier molecular flexibility index (Phi) is 19.8. The maximum Gasteiger partial charge on any atom is 0.0706 e. The molecule has 0 saturated carbocycles. The third kappa shape index (κ3) is 16.4. The van der Waals surface area contributed by atoms with E-state index in [9.17, 15) is 12.4 Å². The Morgan fingerprint density at radius 2 is 1.81 bits per heavy atom. The summed E-state index contributed by atoms with van der Waals surface area (Å²) in [5.74, 6) is -0.0650. The zero-order chi connectivity index (χ0) is 26.4. The van der Waals surface area contributed by atoms with Crippen molar-refractivity contribution in [1.82, 2.24) is 20.3 Å². The molecule has 12 nitrogen and oxygen atoms in total. The number of carbonyl (C=O) groups is 2. The minimum atomic E-state index is -1.99. The van der Waals surface area contributed by atoms with Gasteiger partial charge < -0.3 is 23.7 Å². The molecule has 0 aliphatic rings. The molecule has 0 bridgehead atoms. The van der Waals surface area contributed by atoms with Crippen LogP contribution >= 0.6 is 0 Å². The van der Waals surface area contributed by atoms with E-state index in [0.29, 0.717) is 71.3 Å². The van der Waals surface area contributed by atoms with Gasteiger partial charge in [-0.15, -0.1) is 0 Å². The summed E-state index contributed by atoms with van der Waals surface area (Å²) in [5.41, 5.74) is 6.22. The van der Waals surface area contributed by atoms with E-state index in [0.717, 1.165) is 19.3 Å².